The van der Waals surface area contributed by atoms with Gasteiger partial charge in [-0.15, -0.1) is 0 Å². The number of nitriles is 2. The van der Waals surface area contributed by atoms with Gasteiger partial charge in [0.25, 0.3) is 0 Å². The van der Waals surface area contributed by atoms with Crippen molar-refractivity contribution < 1.29 is 9.68 Å². The van der Waals surface area contributed by atoms with Crippen LogP contribution in [0.1, 0.15) is 23.2 Å². The Balaban J connectivity index is 2.93. The molecule has 0 saturated heterocycles. The van der Waals surface area contributed by atoms with Crippen LogP contribution in [0, 0.1) is 22.7 Å². The Morgan fingerprint density at radius 2 is 1.40 bits per heavy atom. The average molecular weight is 272 g/mol. The van der Waals surface area contributed by atoms with E-state index in [9.17, 15) is 0 Å². The van der Waals surface area contributed by atoms with E-state index in [2.05, 4.69) is 30.2 Å². The SMILES string of the molecule is CO/N=C\[C@@H](C#N)c1ccc([C@@H](C#N)/C=N\OC)nn1. The van der Waals surface area contributed by atoms with Gasteiger partial charge < -0.3 is 9.68 Å². The van der Waals surface area contributed by atoms with Crippen molar-refractivity contribution in [2.45, 2.75) is 11.8 Å². The summed E-state index contributed by atoms with van der Waals surface area (Å²) in [5.41, 5.74) is 0.829. The molecule has 102 valence electrons. The lowest BCUT2D eigenvalue weighted by Crippen LogP contribution is -2.07. The topological polar surface area (TPSA) is 117 Å². The second-order valence-corrected chi connectivity index (χ2v) is 3.47. The zero-order valence-corrected chi connectivity index (χ0v) is 11.0. The third kappa shape index (κ3) is 4.03. The zero-order valence-electron chi connectivity index (χ0n) is 11.0. The first-order valence-corrected chi connectivity index (χ1v) is 5.52. The molecule has 0 saturated carbocycles. The highest BCUT2D eigenvalue weighted by Gasteiger charge is 2.14. The lowest BCUT2D eigenvalue weighted by molar-refractivity contribution is 0.214. The molecule has 0 N–H and O–H groups in total. The summed E-state index contributed by atoms with van der Waals surface area (Å²) in [6, 6.07) is 7.21. The molecule has 0 amide bonds. The summed E-state index contributed by atoms with van der Waals surface area (Å²) >= 11 is 0. The van der Waals surface area contributed by atoms with Gasteiger partial charge in [-0.05, 0) is 12.1 Å². The summed E-state index contributed by atoms with van der Waals surface area (Å²) in [5, 5.41) is 32.9. The highest BCUT2D eigenvalue weighted by Crippen LogP contribution is 2.13. The van der Waals surface area contributed by atoms with Crippen LogP contribution in [0.4, 0.5) is 0 Å². The van der Waals surface area contributed by atoms with Gasteiger partial charge in [-0.1, -0.05) is 10.3 Å². The van der Waals surface area contributed by atoms with Crippen molar-refractivity contribution in [1.82, 2.24) is 10.2 Å². The average Bonchev–Trinajstić information content (AvgIpc) is 2.50. The summed E-state index contributed by atoms with van der Waals surface area (Å²) in [4.78, 5) is 9.03. The van der Waals surface area contributed by atoms with Gasteiger partial charge in [0.15, 0.2) is 0 Å². The molecule has 8 heteroatoms. The van der Waals surface area contributed by atoms with Crippen LogP contribution >= 0.6 is 0 Å². The Kier molecular flexibility index (Phi) is 6.15. The molecule has 8 nitrogen and oxygen atoms in total. The summed E-state index contributed by atoms with van der Waals surface area (Å²) < 4.78 is 0. The minimum atomic E-state index is -0.662. The van der Waals surface area contributed by atoms with Gasteiger partial charge in [0.1, 0.15) is 26.1 Å². The van der Waals surface area contributed by atoms with Crippen LogP contribution < -0.4 is 0 Å². The van der Waals surface area contributed by atoms with Crippen LogP contribution in [-0.4, -0.2) is 36.8 Å². The predicted molar refractivity (Wildman–Crippen MR) is 69.7 cm³/mol. The first-order valence-electron chi connectivity index (χ1n) is 5.52. The van der Waals surface area contributed by atoms with Gasteiger partial charge >= 0.3 is 0 Å². The molecule has 0 unspecified atom stereocenters. The summed E-state index contributed by atoms with van der Waals surface area (Å²) in [7, 11) is 2.76. The highest BCUT2D eigenvalue weighted by atomic mass is 16.6. The number of hydrogen-bond acceptors (Lipinski definition) is 8. The smallest absolute Gasteiger partial charge is 0.129 e. The number of hydrogen-bond donors (Lipinski definition) is 0. The normalized spacial score (nSPS) is 13.6. The zero-order chi connectivity index (χ0) is 14.8. The first kappa shape index (κ1) is 15.1. The third-order valence-electron chi connectivity index (χ3n) is 2.25. The minimum Gasteiger partial charge on any atom is -0.399 e. The van der Waals surface area contributed by atoms with E-state index in [1.54, 1.807) is 12.1 Å². The van der Waals surface area contributed by atoms with Crippen molar-refractivity contribution in [2.75, 3.05) is 14.2 Å². The van der Waals surface area contributed by atoms with Crippen molar-refractivity contribution in [1.29, 1.82) is 10.5 Å². The highest BCUT2D eigenvalue weighted by molar-refractivity contribution is 5.71. The van der Waals surface area contributed by atoms with Crippen LogP contribution in [0.2, 0.25) is 0 Å². The number of oxime groups is 2. The summed E-state index contributed by atoms with van der Waals surface area (Å²) in [6.07, 6.45) is 2.63. The molecule has 1 aromatic heterocycles. The lowest BCUT2D eigenvalue weighted by atomic mass is 10.1. The molecule has 0 aliphatic heterocycles. The Bertz CT molecular complexity index is 504. The van der Waals surface area contributed by atoms with Crippen LogP contribution in [0.5, 0.6) is 0 Å². The Hall–Kier alpha value is -3.00. The van der Waals surface area contributed by atoms with Crippen molar-refractivity contribution in [3.63, 3.8) is 0 Å². The molecule has 2 atom stereocenters. The second kappa shape index (κ2) is 8.16. The molecule has 0 radical (unpaired) electrons. The summed E-state index contributed by atoms with van der Waals surface area (Å²) in [5.74, 6) is -1.32. The number of aromatic nitrogens is 2. The largest absolute Gasteiger partial charge is 0.399 e. The molecule has 1 rings (SSSR count). The molecule has 0 fully saturated rings. The maximum absolute atomic E-state index is 8.99. The molecule has 0 bridgehead atoms. The van der Waals surface area contributed by atoms with Crippen molar-refractivity contribution in [3.8, 4) is 12.1 Å². The van der Waals surface area contributed by atoms with Crippen LogP contribution in [0.15, 0.2) is 22.4 Å². The quantitative estimate of drug-likeness (QED) is 0.562. The lowest BCUT2D eigenvalue weighted by Gasteiger charge is -2.04. The fraction of sp³-hybridized carbons (Fsp3) is 0.333. The molecule has 1 aromatic rings. The van der Waals surface area contributed by atoms with Crippen molar-refractivity contribution >= 4 is 12.4 Å². The van der Waals surface area contributed by atoms with Gasteiger partial charge in [0.05, 0.1) is 36.0 Å². The maximum Gasteiger partial charge on any atom is 0.129 e. The monoisotopic (exact) mass is 272 g/mol. The molecule has 0 aromatic carbocycles. The summed E-state index contributed by atoms with van der Waals surface area (Å²) in [6.45, 7) is 0. The Morgan fingerprint density at radius 3 is 1.65 bits per heavy atom. The fourth-order valence-corrected chi connectivity index (χ4v) is 1.28. The van der Waals surface area contributed by atoms with Gasteiger partial charge in [-0.2, -0.15) is 20.7 Å². The molecule has 1 heterocycles. The van der Waals surface area contributed by atoms with Crippen LogP contribution in [0.25, 0.3) is 0 Å². The third-order valence-corrected chi connectivity index (χ3v) is 2.25. The van der Waals surface area contributed by atoms with E-state index >= 15 is 0 Å². The van der Waals surface area contributed by atoms with Crippen molar-refractivity contribution in [3.05, 3.63) is 23.5 Å². The molecular formula is C12H12N6O2. The fourth-order valence-electron chi connectivity index (χ4n) is 1.28. The molecule has 0 aliphatic rings. The molecule has 0 spiro atoms. The molecule has 0 aliphatic carbocycles. The van der Waals surface area contributed by atoms with Gasteiger partial charge in [0.2, 0.25) is 0 Å². The molecular weight excluding hydrogens is 260 g/mol. The first-order chi connectivity index (χ1) is 9.76. The van der Waals surface area contributed by atoms with E-state index in [-0.39, 0.29) is 0 Å². The predicted octanol–water partition coefficient (Wildman–Crippen LogP) is 0.955. The van der Waals surface area contributed by atoms with Crippen LogP contribution in [-0.2, 0) is 9.68 Å². The number of nitrogens with zero attached hydrogens (tertiary/aromatic N) is 6. The second-order valence-electron chi connectivity index (χ2n) is 3.47. The van der Waals surface area contributed by atoms with E-state index in [0.717, 1.165) is 0 Å². The van der Waals surface area contributed by atoms with E-state index in [1.165, 1.54) is 26.6 Å². The number of rotatable bonds is 6. The minimum absolute atomic E-state index is 0.414. The van der Waals surface area contributed by atoms with Gasteiger partial charge in [0, 0.05) is 0 Å². The van der Waals surface area contributed by atoms with Gasteiger partial charge in [-0.25, -0.2) is 0 Å². The van der Waals surface area contributed by atoms with E-state index in [1.807, 2.05) is 12.1 Å². The van der Waals surface area contributed by atoms with Gasteiger partial charge in [-0.3, -0.25) is 0 Å². The Morgan fingerprint density at radius 1 is 1.00 bits per heavy atom. The van der Waals surface area contributed by atoms with Crippen molar-refractivity contribution in [2.24, 2.45) is 10.3 Å². The van der Waals surface area contributed by atoms with E-state index in [4.69, 9.17) is 10.5 Å². The van der Waals surface area contributed by atoms with E-state index in [0.29, 0.717) is 11.4 Å². The van der Waals surface area contributed by atoms with Crippen LogP contribution in [0.3, 0.4) is 0 Å². The van der Waals surface area contributed by atoms with E-state index < -0.39 is 11.8 Å². The Labute approximate surface area is 115 Å². The maximum atomic E-state index is 8.99. The standard InChI is InChI=1S/C12H12N6O2/c1-19-15-7-9(5-13)11-3-4-12(18-17-11)10(6-14)8-16-20-2/h3-4,7-10H,1-2H3/b15-7-,16-8-/t9-,10+. The molecule has 20 heavy (non-hydrogen) atoms.